The molecule has 0 unspecified atom stereocenters. The molecule has 1 fully saturated rings. The largest absolute Gasteiger partial charge is 0.356 e. The Balaban J connectivity index is 0.000000531. The van der Waals surface area contributed by atoms with E-state index in [4.69, 9.17) is 0 Å². The van der Waals surface area contributed by atoms with Crippen LogP contribution in [0.2, 0.25) is 0 Å². The molecule has 0 spiro atoms. The van der Waals surface area contributed by atoms with E-state index in [0.29, 0.717) is 0 Å². The van der Waals surface area contributed by atoms with Gasteiger partial charge in [-0.1, -0.05) is 26.8 Å². The lowest BCUT2D eigenvalue weighted by atomic mass is 10.2. The van der Waals surface area contributed by atoms with Crippen molar-refractivity contribution in [3.63, 3.8) is 0 Å². The summed E-state index contributed by atoms with van der Waals surface area (Å²) >= 11 is 0. The molecule has 0 aromatic carbocycles. The molecular formula is C13H22N2. The summed E-state index contributed by atoms with van der Waals surface area (Å²) in [4.78, 5) is 6.86. The van der Waals surface area contributed by atoms with E-state index in [1.54, 1.807) is 0 Å². The first-order valence-corrected chi connectivity index (χ1v) is 6.10. The normalized spacial score (nSPS) is 14.7. The minimum atomic E-state index is 1.08. The Bertz CT molecular complexity index is 278. The van der Waals surface area contributed by atoms with Crippen LogP contribution in [0, 0.1) is 0 Å². The molecule has 84 valence electrons. The molecule has 2 heterocycles. The highest BCUT2D eigenvalue weighted by molar-refractivity contribution is 5.47. The number of nitrogens with zero attached hydrogens (tertiary/aromatic N) is 2. The molecule has 0 aliphatic carbocycles. The average molecular weight is 206 g/mol. The monoisotopic (exact) mass is 206 g/mol. The molecule has 1 aromatic rings. The van der Waals surface area contributed by atoms with Crippen molar-refractivity contribution in [1.29, 1.82) is 0 Å². The van der Waals surface area contributed by atoms with Crippen LogP contribution in [0.25, 0.3) is 0 Å². The summed E-state index contributed by atoms with van der Waals surface area (Å²) in [6.07, 6.45) is 5.62. The average Bonchev–Trinajstić information content (AvgIpc) is 2.85. The van der Waals surface area contributed by atoms with Gasteiger partial charge in [-0.15, -0.1) is 0 Å². The van der Waals surface area contributed by atoms with Gasteiger partial charge in [0.1, 0.15) is 5.82 Å². The van der Waals surface area contributed by atoms with Gasteiger partial charge in [0.15, 0.2) is 0 Å². The molecule has 1 aliphatic heterocycles. The lowest BCUT2D eigenvalue weighted by Gasteiger charge is -2.18. The van der Waals surface area contributed by atoms with Crippen molar-refractivity contribution < 1.29 is 0 Å². The smallest absolute Gasteiger partial charge is 0.131 e. The number of hydrogen-bond acceptors (Lipinski definition) is 2. The fraction of sp³-hybridized carbons (Fsp3) is 0.615. The number of hydrogen-bond donors (Lipinski definition) is 0. The third-order valence-corrected chi connectivity index (χ3v) is 2.65. The van der Waals surface area contributed by atoms with Crippen molar-refractivity contribution in [1.82, 2.24) is 4.98 Å². The summed E-state index contributed by atoms with van der Waals surface area (Å²) in [5.41, 5.74) is 1.38. The molecule has 15 heavy (non-hydrogen) atoms. The lowest BCUT2D eigenvalue weighted by molar-refractivity contribution is 0.914. The molecule has 1 saturated heterocycles. The van der Waals surface area contributed by atoms with E-state index in [1.165, 1.54) is 37.3 Å². The first-order valence-electron chi connectivity index (χ1n) is 6.10. The zero-order valence-corrected chi connectivity index (χ0v) is 10.2. The van der Waals surface area contributed by atoms with Gasteiger partial charge >= 0.3 is 0 Å². The highest BCUT2D eigenvalue weighted by Crippen LogP contribution is 2.21. The first-order chi connectivity index (χ1) is 7.42. The molecule has 2 heteroatoms. The molecular weight excluding hydrogens is 184 g/mol. The third-order valence-electron chi connectivity index (χ3n) is 2.65. The van der Waals surface area contributed by atoms with Crippen LogP contribution in [0.4, 0.5) is 5.82 Å². The summed E-state index contributed by atoms with van der Waals surface area (Å²) in [5.74, 6) is 1.21. The second kappa shape index (κ2) is 6.44. The molecule has 2 rings (SSSR count). The van der Waals surface area contributed by atoms with Gasteiger partial charge in [0.2, 0.25) is 0 Å². The summed E-state index contributed by atoms with van der Waals surface area (Å²) < 4.78 is 0. The Morgan fingerprint density at radius 2 is 1.93 bits per heavy atom. The Morgan fingerprint density at radius 1 is 1.27 bits per heavy atom. The number of aryl methyl sites for hydroxylation is 1. The van der Waals surface area contributed by atoms with Gasteiger partial charge in [0.25, 0.3) is 0 Å². The van der Waals surface area contributed by atoms with Gasteiger partial charge in [-0.05, 0) is 30.9 Å². The van der Waals surface area contributed by atoms with E-state index >= 15 is 0 Å². The Kier molecular flexibility index (Phi) is 5.16. The molecule has 1 aromatic heterocycles. The SMILES string of the molecule is CC.CCc1cccnc1N1CCCC1. The van der Waals surface area contributed by atoms with E-state index in [1.807, 2.05) is 26.1 Å². The first kappa shape index (κ1) is 12.0. The maximum atomic E-state index is 4.46. The Labute approximate surface area is 93.3 Å². The van der Waals surface area contributed by atoms with Gasteiger partial charge < -0.3 is 4.90 Å². The second-order valence-electron chi connectivity index (χ2n) is 3.53. The van der Waals surface area contributed by atoms with Crippen LogP contribution in [0.5, 0.6) is 0 Å². The van der Waals surface area contributed by atoms with E-state index in [9.17, 15) is 0 Å². The molecule has 0 saturated carbocycles. The maximum absolute atomic E-state index is 4.46. The minimum Gasteiger partial charge on any atom is -0.356 e. The van der Waals surface area contributed by atoms with Crippen molar-refractivity contribution in [3.05, 3.63) is 23.9 Å². The second-order valence-corrected chi connectivity index (χ2v) is 3.53. The Hall–Kier alpha value is -1.05. The van der Waals surface area contributed by atoms with Crippen LogP contribution in [0.1, 0.15) is 39.2 Å². The molecule has 0 atom stereocenters. The summed E-state index contributed by atoms with van der Waals surface area (Å²) in [5, 5.41) is 0. The Morgan fingerprint density at radius 3 is 2.53 bits per heavy atom. The van der Waals surface area contributed by atoms with Gasteiger partial charge in [-0.25, -0.2) is 4.98 Å². The van der Waals surface area contributed by atoms with Gasteiger partial charge in [0.05, 0.1) is 0 Å². The lowest BCUT2D eigenvalue weighted by Crippen LogP contribution is -2.20. The molecule has 2 nitrogen and oxygen atoms in total. The molecule has 1 aliphatic rings. The highest BCUT2D eigenvalue weighted by atomic mass is 15.2. The summed E-state index contributed by atoms with van der Waals surface area (Å²) in [6.45, 7) is 8.56. The van der Waals surface area contributed by atoms with Crippen molar-refractivity contribution in [3.8, 4) is 0 Å². The van der Waals surface area contributed by atoms with E-state index < -0.39 is 0 Å². The molecule has 0 bridgehead atoms. The number of aromatic nitrogens is 1. The molecule has 0 amide bonds. The van der Waals surface area contributed by atoms with Crippen molar-refractivity contribution in [2.24, 2.45) is 0 Å². The summed E-state index contributed by atoms with van der Waals surface area (Å²) in [6, 6.07) is 4.21. The van der Waals surface area contributed by atoms with Crippen molar-refractivity contribution >= 4 is 5.82 Å². The fourth-order valence-electron chi connectivity index (χ4n) is 1.92. The van der Waals surface area contributed by atoms with Crippen LogP contribution in [-0.4, -0.2) is 18.1 Å². The maximum Gasteiger partial charge on any atom is 0.131 e. The van der Waals surface area contributed by atoms with Crippen LogP contribution >= 0.6 is 0 Å². The molecule has 0 radical (unpaired) electrons. The van der Waals surface area contributed by atoms with E-state index in [0.717, 1.165) is 6.42 Å². The molecule has 0 N–H and O–H groups in total. The van der Waals surface area contributed by atoms with E-state index in [-0.39, 0.29) is 0 Å². The van der Waals surface area contributed by atoms with Gasteiger partial charge in [0, 0.05) is 19.3 Å². The third kappa shape index (κ3) is 2.95. The summed E-state index contributed by atoms with van der Waals surface area (Å²) in [7, 11) is 0. The zero-order valence-electron chi connectivity index (χ0n) is 10.2. The predicted molar refractivity (Wildman–Crippen MR) is 66.4 cm³/mol. The van der Waals surface area contributed by atoms with Gasteiger partial charge in [-0.2, -0.15) is 0 Å². The van der Waals surface area contributed by atoms with Crippen LogP contribution in [-0.2, 0) is 6.42 Å². The topological polar surface area (TPSA) is 16.1 Å². The van der Waals surface area contributed by atoms with Crippen molar-refractivity contribution in [2.45, 2.75) is 40.0 Å². The van der Waals surface area contributed by atoms with Crippen LogP contribution < -0.4 is 4.90 Å². The predicted octanol–water partition coefficient (Wildman–Crippen LogP) is 3.27. The fourth-order valence-corrected chi connectivity index (χ4v) is 1.92. The highest BCUT2D eigenvalue weighted by Gasteiger charge is 2.15. The standard InChI is InChI=1S/C11H16N2.C2H6/c1-2-10-6-5-7-12-11(10)13-8-3-4-9-13;1-2/h5-7H,2-4,8-9H2,1H3;1-2H3. The quantitative estimate of drug-likeness (QED) is 0.738. The van der Waals surface area contributed by atoms with E-state index in [2.05, 4.69) is 22.9 Å². The van der Waals surface area contributed by atoms with Gasteiger partial charge in [-0.3, -0.25) is 0 Å². The van der Waals surface area contributed by atoms with Crippen LogP contribution in [0.15, 0.2) is 18.3 Å². The number of rotatable bonds is 2. The zero-order chi connectivity index (χ0) is 11.1. The van der Waals surface area contributed by atoms with Crippen LogP contribution in [0.3, 0.4) is 0 Å². The number of pyridine rings is 1. The number of anilines is 1. The van der Waals surface area contributed by atoms with Crippen molar-refractivity contribution in [2.75, 3.05) is 18.0 Å². The minimum absolute atomic E-state index is 1.08.